The van der Waals surface area contributed by atoms with Gasteiger partial charge in [0.05, 0.1) is 0 Å². The Morgan fingerprint density at radius 2 is 2.42 bits per heavy atom. The average molecular weight is 172 g/mol. The monoisotopic (exact) mass is 172 g/mol. The maximum atomic E-state index is 5.07. The van der Waals surface area contributed by atoms with E-state index in [1.165, 1.54) is 19.5 Å². The zero-order valence-corrected chi connectivity index (χ0v) is 8.18. The molecule has 0 saturated carbocycles. The van der Waals surface area contributed by atoms with Gasteiger partial charge in [-0.25, -0.2) is 0 Å². The Morgan fingerprint density at radius 3 is 3.17 bits per heavy atom. The summed E-state index contributed by atoms with van der Waals surface area (Å²) in [5, 5.41) is 3.44. The van der Waals surface area contributed by atoms with E-state index in [2.05, 4.69) is 17.3 Å². The van der Waals surface area contributed by atoms with Crippen LogP contribution >= 0.6 is 0 Å². The Morgan fingerprint density at radius 1 is 1.58 bits per heavy atom. The summed E-state index contributed by atoms with van der Waals surface area (Å²) in [6.07, 6.45) is 1.17. The van der Waals surface area contributed by atoms with E-state index in [1.54, 1.807) is 7.11 Å². The van der Waals surface area contributed by atoms with Crippen molar-refractivity contribution >= 4 is 0 Å². The minimum absolute atomic E-state index is 0.762. The third-order valence-electron chi connectivity index (χ3n) is 2.40. The molecular weight excluding hydrogens is 152 g/mol. The molecule has 0 spiro atoms. The fourth-order valence-corrected chi connectivity index (χ4v) is 1.65. The maximum Gasteiger partial charge on any atom is 0.0465 e. The van der Waals surface area contributed by atoms with E-state index >= 15 is 0 Å². The van der Waals surface area contributed by atoms with E-state index < -0.39 is 0 Å². The molecule has 0 aromatic heterocycles. The molecule has 1 aliphatic heterocycles. The second-order valence-corrected chi connectivity index (χ2v) is 3.61. The predicted molar refractivity (Wildman–Crippen MR) is 50.3 cm³/mol. The van der Waals surface area contributed by atoms with Crippen molar-refractivity contribution in [2.45, 2.75) is 6.42 Å². The first-order chi connectivity index (χ1) is 5.83. The van der Waals surface area contributed by atoms with Crippen LogP contribution in [-0.4, -0.2) is 51.8 Å². The van der Waals surface area contributed by atoms with Gasteiger partial charge in [-0.1, -0.05) is 0 Å². The van der Waals surface area contributed by atoms with Crippen LogP contribution in [0.25, 0.3) is 0 Å². The lowest BCUT2D eigenvalue weighted by molar-refractivity contribution is 0.169. The van der Waals surface area contributed by atoms with Crippen LogP contribution in [0.15, 0.2) is 0 Å². The molecule has 1 heterocycles. The van der Waals surface area contributed by atoms with Crippen LogP contribution in [0.1, 0.15) is 6.42 Å². The largest absolute Gasteiger partial charge is 0.385 e. The molecule has 72 valence electrons. The molecule has 0 radical (unpaired) electrons. The zero-order valence-electron chi connectivity index (χ0n) is 8.18. The number of nitrogens with one attached hydrogen (secondary N) is 1. The topological polar surface area (TPSA) is 24.5 Å². The van der Waals surface area contributed by atoms with Crippen molar-refractivity contribution in [3.05, 3.63) is 0 Å². The number of hydrogen-bond acceptors (Lipinski definition) is 3. The molecule has 1 aliphatic rings. The van der Waals surface area contributed by atoms with E-state index in [4.69, 9.17) is 4.74 Å². The number of methoxy groups -OCH3 is 1. The van der Waals surface area contributed by atoms with Crippen LogP contribution < -0.4 is 5.32 Å². The molecule has 3 heteroatoms. The summed E-state index contributed by atoms with van der Waals surface area (Å²) < 4.78 is 5.07. The van der Waals surface area contributed by atoms with Gasteiger partial charge < -0.3 is 15.0 Å². The van der Waals surface area contributed by atoms with Gasteiger partial charge >= 0.3 is 0 Å². The first-order valence-electron chi connectivity index (χ1n) is 4.71. The second kappa shape index (κ2) is 5.51. The Hall–Kier alpha value is -0.120. The minimum Gasteiger partial charge on any atom is -0.385 e. The summed E-state index contributed by atoms with van der Waals surface area (Å²) in [7, 11) is 3.96. The molecule has 12 heavy (non-hydrogen) atoms. The molecule has 1 fully saturated rings. The average Bonchev–Trinajstić information content (AvgIpc) is 2.26. The molecule has 0 aliphatic carbocycles. The summed E-state index contributed by atoms with van der Waals surface area (Å²) >= 11 is 0. The van der Waals surface area contributed by atoms with E-state index in [1.807, 2.05) is 0 Å². The Balaban J connectivity index is 2.21. The van der Waals surface area contributed by atoms with Crippen molar-refractivity contribution in [2.75, 3.05) is 46.9 Å². The van der Waals surface area contributed by atoms with Crippen molar-refractivity contribution in [3.63, 3.8) is 0 Å². The third-order valence-corrected chi connectivity index (χ3v) is 2.40. The number of likely N-dealkylation sites (N-methyl/N-ethyl adjacent to an activating group) is 1. The summed E-state index contributed by atoms with van der Waals surface area (Å²) in [4.78, 5) is 2.39. The van der Waals surface area contributed by atoms with Gasteiger partial charge in [0.1, 0.15) is 0 Å². The molecular formula is C9H20N2O. The first-order valence-corrected chi connectivity index (χ1v) is 4.71. The van der Waals surface area contributed by atoms with Gasteiger partial charge in [0.25, 0.3) is 0 Å². The molecule has 0 aromatic rings. The third kappa shape index (κ3) is 3.52. The van der Waals surface area contributed by atoms with Crippen molar-refractivity contribution in [1.29, 1.82) is 0 Å². The summed E-state index contributed by atoms with van der Waals surface area (Å²) in [6, 6.07) is 0. The summed E-state index contributed by atoms with van der Waals surface area (Å²) in [6.45, 7) is 5.54. The fourth-order valence-electron chi connectivity index (χ4n) is 1.65. The van der Waals surface area contributed by atoms with Gasteiger partial charge in [-0.15, -0.1) is 0 Å². The highest BCUT2D eigenvalue weighted by Crippen LogP contribution is 2.06. The molecule has 1 unspecified atom stereocenters. The van der Waals surface area contributed by atoms with Crippen LogP contribution in [0.5, 0.6) is 0 Å². The molecule has 1 atom stereocenters. The van der Waals surface area contributed by atoms with E-state index in [0.717, 1.165) is 25.6 Å². The minimum atomic E-state index is 0.762. The van der Waals surface area contributed by atoms with Gasteiger partial charge in [-0.05, 0) is 25.9 Å². The van der Waals surface area contributed by atoms with Gasteiger partial charge in [0, 0.05) is 33.4 Å². The molecule has 3 nitrogen and oxygen atoms in total. The number of nitrogens with zero attached hydrogens (tertiary/aromatic N) is 1. The van der Waals surface area contributed by atoms with Crippen LogP contribution in [0.3, 0.4) is 0 Å². The van der Waals surface area contributed by atoms with Gasteiger partial charge in [0.2, 0.25) is 0 Å². The van der Waals surface area contributed by atoms with E-state index in [0.29, 0.717) is 0 Å². The molecule has 0 bridgehead atoms. The van der Waals surface area contributed by atoms with Crippen molar-refractivity contribution in [3.8, 4) is 0 Å². The van der Waals surface area contributed by atoms with Crippen molar-refractivity contribution in [2.24, 2.45) is 5.92 Å². The smallest absolute Gasteiger partial charge is 0.0465 e. The molecule has 1 rings (SSSR count). The lowest BCUT2D eigenvalue weighted by Gasteiger charge is -2.18. The second-order valence-electron chi connectivity index (χ2n) is 3.61. The van der Waals surface area contributed by atoms with Gasteiger partial charge in [-0.2, -0.15) is 0 Å². The van der Waals surface area contributed by atoms with Crippen molar-refractivity contribution < 1.29 is 4.74 Å². The van der Waals surface area contributed by atoms with Crippen molar-refractivity contribution in [1.82, 2.24) is 10.2 Å². The summed E-state index contributed by atoms with van der Waals surface area (Å²) in [5.41, 5.74) is 0. The number of ether oxygens (including phenoxy) is 1. The van der Waals surface area contributed by atoms with Crippen LogP contribution in [-0.2, 0) is 4.74 Å². The Bertz CT molecular complexity index is 119. The summed E-state index contributed by atoms with van der Waals surface area (Å²) in [5.74, 6) is 0.762. The highest BCUT2D eigenvalue weighted by Gasteiger charge is 2.14. The normalized spacial score (nSPS) is 27.0. The SMILES string of the molecule is COCCC1CNCCN(C)C1. The number of rotatable bonds is 3. The van der Waals surface area contributed by atoms with Crippen LogP contribution in [0.2, 0.25) is 0 Å². The Labute approximate surface area is 75.1 Å². The van der Waals surface area contributed by atoms with Crippen LogP contribution in [0.4, 0.5) is 0 Å². The highest BCUT2D eigenvalue weighted by atomic mass is 16.5. The van der Waals surface area contributed by atoms with E-state index in [9.17, 15) is 0 Å². The lowest BCUT2D eigenvalue weighted by atomic mass is 10.1. The quantitative estimate of drug-likeness (QED) is 0.657. The van der Waals surface area contributed by atoms with Crippen LogP contribution in [0, 0.1) is 5.92 Å². The van der Waals surface area contributed by atoms with E-state index in [-0.39, 0.29) is 0 Å². The highest BCUT2D eigenvalue weighted by molar-refractivity contribution is 4.71. The maximum absolute atomic E-state index is 5.07. The standard InChI is InChI=1S/C9H20N2O/c1-11-5-4-10-7-9(8-11)3-6-12-2/h9-10H,3-8H2,1-2H3. The predicted octanol–water partition coefficient (Wildman–Crippen LogP) is 0.174. The van der Waals surface area contributed by atoms with Gasteiger partial charge in [-0.3, -0.25) is 0 Å². The van der Waals surface area contributed by atoms with Gasteiger partial charge in [0.15, 0.2) is 0 Å². The number of hydrogen-bond donors (Lipinski definition) is 1. The Kier molecular flexibility index (Phi) is 4.58. The molecule has 1 saturated heterocycles. The fraction of sp³-hybridized carbons (Fsp3) is 1.00. The molecule has 0 amide bonds. The lowest BCUT2D eigenvalue weighted by Crippen LogP contribution is -2.26. The zero-order chi connectivity index (χ0) is 8.81. The molecule has 1 N–H and O–H groups in total. The first kappa shape index (κ1) is 9.96. The molecule has 0 aromatic carbocycles.